The van der Waals surface area contributed by atoms with Gasteiger partial charge in [-0.3, -0.25) is 14.6 Å². The Balaban J connectivity index is 1.46. The maximum atomic E-state index is 13.3. The number of carbonyl (C=O) groups excluding carboxylic acids is 1. The van der Waals surface area contributed by atoms with Crippen LogP contribution in [0.2, 0.25) is 0 Å². The predicted octanol–water partition coefficient (Wildman–Crippen LogP) is 3.37. The summed E-state index contributed by atoms with van der Waals surface area (Å²) in [6, 6.07) is 14.0. The highest BCUT2D eigenvalue weighted by molar-refractivity contribution is 5.94. The van der Waals surface area contributed by atoms with Crippen molar-refractivity contribution in [2.45, 2.75) is 26.4 Å². The molecule has 1 amide bonds. The molecule has 1 atom stereocenters. The molecular weight excluding hydrogens is 357 g/mol. The van der Waals surface area contributed by atoms with Gasteiger partial charge in [0.2, 0.25) is 5.91 Å². The van der Waals surface area contributed by atoms with Crippen LogP contribution in [0.5, 0.6) is 5.75 Å². The van der Waals surface area contributed by atoms with Crippen molar-refractivity contribution in [2.75, 3.05) is 38.1 Å². The van der Waals surface area contributed by atoms with E-state index in [1.54, 1.807) is 12.1 Å². The van der Waals surface area contributed by atoms with Crippen molar-refractivity contribution in [1.82, 2.24) is 9.80 Å². The van der Waals surface area contributed by atoms with E-state index in [1.165, 1.54) is 17.7 Å². The van der Waals surface area contributed by atoms with E-state index in [2.05, 4.69) is 27.2 Å². The quantitative estimate of drug-likeness (QED) is 0.794. The summed E-state index contributed by atoms with van der Waals surface area (Å²) in [5, 5.41) is 2.80. The van der Waals surface area contributed by atoms with Gasteiger partial charge in [0.25, 0.3) is 0 Å². The minimum Gasteiger partial charge on any atom is -0.494 e. The van der Waals surface area contributed by atoms with Crippen LogP contribution in [0.4, 0.5) is 10.1 Å². The Hall–Kier alpha value is -2.44. The van der Waals surface area contributed by atoms with Crippen LogP contribution in [0.25, 0.3) is 0 Å². The van der Waals surface area contributed by atoms with E-state index >= 15 is 0 Å². The van der Waals surface area contributed by atoms with E-state index in [9.17, 15) is 9.18 Å². The number of anilines is 1. The fourth-order valence-corrected chi connectivity index (χ4v) is 3.40. The molecule has 2 aromatic carbocycles. The summed E-state index contributed by atoms with van der Waals surface area (Å²) < 4.78 is 18.8. The summed E-state index contributed by atoms with van der Waals surface area (Å²) in [6.07, 6.45) is 0. The van der Waals surface area contributed by atoms with Crippen molar-refractivity contribution in [2.24, 2.45) is 0 Å². The summed E-state index contributed by atoms with van der Waals surface area (Å²) in [4.78, 5) is 17.0. The molecule has 0 aliphatic carbocycles. The minimum atomic E-state index is -0.353. The molecule has 5 nitrogen and oxygen atoms in total. The van der Waals surface area contributed by atoms with E-state index < -0.39 is 0 Å². The van der Waals surface area contributed by atoms with Gasteiger partial charge >= 0.3 is 0 Å². The zero-order chi connectivity index (χ0) is 19.9. The second-order valence-corrected chi connectivity index (χ2v) is 7.06. The normalized spacial score (nSPS) is 16.5. The maximum absolute atomic E-state index is 13.3. The molecule has 1 N–H and O–H groups in total. The Morgan fingerprint density at radius 1 is 1.14 bits per heavy atom. The molecule has 2 aromatic rings. The van der Waals surface area contributed by atoms with Crippen molar-refractivity contribution in [1.29, 1.82) is 0 Å². The van der Waals surface area contributed by atoms with Gasteiger partial charge in [0.15, 0.2) is 0 Å². The molecule has 1 aliphatic heterocycles. The molecule has 1 saturated heterocycles. The van der Waals surface area contributed by atoms with E-state index in [4.69, 9.17) is 4.74 Å². The molecule has 1 fully saturated rings. The molecule has 6 heteroatoms. The molecule has 1 heterocycles. The second-order valence-electron chi connectivity index (χ2n) is 7.06. The van der Waals surface area contributed by atoms with Crippen LogP contribution in [0.3, 0.4) is 0 Å². The summed E-state index contributed by atoms with van der Waals surface area (Å²) in [7, 11) is 0. The molecule has 28 heavy (non-hydrogen) atoms. The lowest BCUT2D eigenvalue weighted by Crippen LogP contribution is -2.52. The first-order valence-corrected chi connectivity index (χ1v) is 9.79. The number of nitrogens with zero attached hydrogens (tertiary/aromatic N) is 2. The van der Waals surface area contributed by atoms with Gasteiger partial charge in [0, 0.05) is 38.4 Å². The smallest absolute Gasteiger partial charge is 0.241 e. The number of benzene rings is 2. The predicted molar refractivity (Wildman–Crippen MR) is 109 cm³/mol. The Morgan fingerprint density at radius 2 is 1.86 bits per heavy atom. The first-order chi connectivity index (χ1) is 13.5. The summed E-state index contributed by atoms with van der Waals surface area (Å²) in [5.74, 6) is 0.438. The van der Waals surface area contributed by atoms with Crippen molar-refractivity contribution >= 4 is 11.6 Å². The van der Waals surface area contributed by atoms with E-state index in [-0.39, 0.29) is 17.8 Å². The lowest BCUT2D eigenvalue weighted by atomic mass is 10.1. The monoisotopic (exact) mass is 385 g/mol. The molecule has 0 radical (unpaired) electrons. The fourth-order valence-electron chi connectivity index (χ4n) is 3.40. The lowest BCUT2D eigenvalue weighted by Gasteiger charge is -2.37. The Labute approximate surface area is 166 Å². The topological polar surface area (TPSA) is 44.8 Å². The van der Waals surface area contributed by atoms with Crippen LogP contribution in [-0.4, -0.2) is 54.5 Å². The number of ether oxygens (including phenoxy) is 1. The van der Waals surface area contributed by atoms with Crippen LogP contribution in [0.15, 0.2) is 48.5 Å². The number of halogens is 1. The van der Waals surface area contributed by atoms with Crippen LogP contribution in [-0.2, 0) is 11.3 Å². The van der Waals surface area contributed by atoms with Crippen molar-refractivity contribution in [3.05, 3.63) is 59.9 Å². The highest BCUT2D eigenvalue weighted by Crippen LogP contribution is 2.16. The average molecular weight is 385 g/mol. The standard InChI is InChI=1S/C22H28FN3O2/c1-3-28-21-9-7-18(8-10-21)16-25-11-13-26(14-12-25)17(2)22(27)24-20-6-4-5-19(23)15-20/h4-10,15,17H,3,11-14,16H2,1-2H3,(H,24,27). The Bertz CT molecular complexity index is 774. The molecule has 3 rings (SSSR count). The first kappa shape index (κ1) is 20.3. The van der Waals surface area contributed by atoms with Crippen LogP contribution in [0.1, 0.15) is 19.4 Å². The highest BCUT2D eigenvalue weighted by atomic mass is 19.1. The molecule has 0 spiro atoms. The molecule has 0 saturated carbocycles. The zero-order valence-electron chi connectivity index (χ0n) is 16.5. The maximum Gasteiger partial charge on any atom is 0.241 e. The third-order valence-electron chi connectivity index (χ3n) is 5.07. The second kappa shape index (κ2) is 9.66. The zero-order valence-corrected chi connectivity index (χ0v) is 16.5. The fraction of sp³-hybridized carbons (Fsp3) is 0.409. The number of hydrogen-bond acceptors (Lipinski definition) is 4. The average Bonchev–Trinajstić information content (AvgIpc) is 2.70. The molecule has 1 aliphatic rings. The van der Waals surface area contributed by atoms with E-state index in [0.717, 1.165) is 38.5 Å². The van der Waals surface area contributed by atoms with Crippen molar-refractivity contribution in [3.8, 4) is 5.75 Å². The number of hydrogen-bond donors (Lipinski definition) is 1. The van der Waals surface area contributed by atoms with Crippen molar-refractivity contribution < 1.29 is 13.9 Å². The highest BCUT2D eigenvalue weighted by Gasteiger charge is 2.25. The van der Waals surface area contributed by atoms with Crippen molar-refractivity contribution in [3.63, 3.8) is 0 Å². The van der Waals surface area contributed by atoms with E-state index in [1.807, 2.05) is 26.0 Å². The number of rotatable bonds is 7. The number of amides is 1. The summed E-state index contributed by atoms with van der Waals surface area (Å²) in [5.41, 5.74) is 1.75. The summed E-state index contributed by atoms with van der Waals surface area (Å²) in [6.45, 7) is 8.92. The van der Waals surface area contributed by atoms with Gasteiger partial charge in [-0.2, -0.15) is 0 Å². The van der Waals surface area contributed by atoms with Gasteiger partial charge in [-0.1, -0.05) is 18.2 Å². The number of carbonyl (C=O) groups is 1. The third-order valence-corrected chi connectivity index (χ3v) is 5.07. The molecule has 150 valence electrons. The van der Waals surface area contributed by atoms with Crippen LogP contribution in [0, 0.1) is 5.82 Å². The molecule has 0 bridgehead atoms. The lowest BCUT2D eigenvalue weighted by molar-refractivity contribution is -0.121. The Morgan fingerprint density at radius 3 is 2.50 bits per heavy atom. The van der Waals surface area contributed by atoms with Gasteiger partial charge in [-0.15, -0.1) is 0 Å². The molecule has 1 unspecified atom stereocenters. The summed E-state index contributed by atoms with van der Waals surface area (Å²) >= 11 is 0. The third kappa shape index (κ3) is 5.53. The number of nitrogens with one attached hydrogen (secondary N) is 1. The Kier molecular flexibility index (Phi) is 7.01. The first-order valence-electron chi connectivity index (χ1n) is 9.79. The minimum absolute atomic E-state index is 0.106. The van der Waals surface area contributed by atoms with Gasteiger partial charge in [0.05, 0.1) is 12.6 Å². The van der Waals surface area contributed by atoms with E-state index in [0.29, 0.717) is 12.3 Å². The van der Waals surface area contributed by atoms with Gasteiger partial charge in [-0.25, -0.2) is 4.39 Å². The van der Waals surface area contributed by atoms with Gasteiger partial charge in [0.1, 0.15) is 11.6 Å². The number of piperazine rings is 1. The largest absolute Gasteiger partial charge is 0.494 e. The SMILES string of the molecule is CCOc1ccc(CN2CCN(C(C)C(=O)Nc3cccc(F)c3)CC2)cc1. The van der Waals surface area contributed by atoms with Crippen LogP contribution < -0.4 is 10.1 Å². The van der Waals surface area contributed by atoms with Gasteiger partial charge < -0.3 is 10.1 Å². The molecule has 0 aromatic heterocycles. The van der Waals surface area contributed by atoms with Crippen LogP contribution >= 0.6 is 0 Å². The molecular formula is C22H28FN3O2. The van der Waals surface area contributed by atoms with Gasteiger partial charge in [-0.05, 0) is 49.7 Å².